The second-order valence-electron chi connectivity index (χ2n) is 6.86. The third-order valence-corrected chi connectivity index (χ3v) is 5.49. The van der Waals surface area contributed by atoms with Crippen molar-refractivity contribution in [3.63, 3.8) is 0 Å². The first-order chi connectivity index (χ1) is 13.6. The van der Waals surface area contributed by atoms with Crippen LogP contribution < -0.4 is 10.6 Å². The minimum absolute atomic E-state index is 0.0366. The molecule has 0 atom stereocenters. The van der Waals surface area contributed by atoms with Crippen molar-refractivity contribution in [1.82, 2.24) is 15.2 Å². The summed E-state index contributed by atoms with van der Waals surface area (Å²) in [5.41, 5.74) is 0.548. The fourth-order valence-corrected chi connectivity index (χ4v) is 3.90. The van der Waals surface area contributed by atoms with E-state index in [1.165, 1.54) is 55.2 Å². The topological polar surface area (TPSA) is 74.3 Å². The molecule has 0 saturated carbocycles. The third-order valence-electron chi connectivity index (χ3n) is 4.68. The van der Waals surface area contributed by atoms with Gasteiger partial charge in [-0.25, -0.2) is 9.37 Å². The number of thiazole rings is 1. The molecule has 1 aromatic heterocycles. The highest BCUT2D eigenvalue weighted by Gasteiger charge is 2.14. The Morgan fingerprint density at radius 2 is 1.89 bits per heavy atom. The van der Waals surface area contributed by atoms with Gasteiger partial charge < -0.3 is 10.2 Å². The largest absolute Gasteiger partial charge is 0.354 e. The Labute approximate surface area is 168 Å². The predicted octanol–water partition coefficient (Wildman–Crippen LogP) is 3.07. The summed E-state index contributed by atoms with van der Waals surface area (Å²) in [6, 6.07) is 5.77. The van der Waals surface area contributed by atoms with Crippen LogP contribution in [0.3, 0.4) is 0 Å². The first-order valence-corrected chi connectivity index (χ1v) is 10.5. The molecule has 1 fully saturated rings. The average Bonchev–Trinajstić information content (AvgIpc) is 2.94. The van der Waals surface area contributed by atoms with Gasteiger partial charge in [-0.2, -0.15) is 0 Å². The number of carbonyl (C=O) groups is 2. The SMILES string of the molecule is O=C(Cc1csc(NC(=O)c2ccccc2F)n1)NCCN1CCCCCC1. The van der Waals surface area contributed by atoms with Crippen molar-refractivity contribution in [3.8, 4) is 0 Å². The highest BCUT2D eigenvalue weighted by Crippen LogP contribution is 2.18. The van der Waals surface area contributed by atoms with Crippen molar-refractivity contribution in [2.75, 3.05) is 31.5 Å². The van der Waals surface area contributed by atoms with Crippen LogP contribution in [0.25, 0.3) is 0 Å². The summed E-state index contributed by atoms with van der Waals surface area (Å²) in [6.45, 7) is 3.70. The number of hydrogen-bond acceptors (Lipinski definition) is 5. The third kappa shape index (κ3) is 6.10. The van der Waals surface area contributed by atoms with E-state index in [1.54, 1.807) is 11.4 Å². The number of anilines is 1. The van der Waals surface area contributed by atoms with Gasteiger partial charge in [-0.3, -0.25) is 14.9 Å². The standard InChI is InChI=1S/C20H25FN4O2S/c21-17-8-4-3-7-16(17)19(27)24-20-23-15(14-28-20)13-18(26)22-9-12-25-10-5-1-2-6-11-25/h3-4,7-8,14H,1-2,5-6,9-13H2,(H,22,26)(H,23,24,27). The highest BCUT2D eigenvalue weighted by atomic mass is 32.1. The Bertz CT molecular complexity index is 803. The Hall–Kier alpha value is -2.32. The molecule has 150 valence electrons. The van der Waals surface area contributed by atoms with Crippen molar-refractivity contribution >= 4 is 28.3 Å². The molecule has 3 rings (SSSR count). The second-order valence-corrected chi connectivity index (χ2v) is 7.72. The number of carbonyl (C=O) groups excluding carboxylic acids is 2. The number of benzene rings is 1. The van der Waals surface area contributed by atoms with Gasteiger partial charge >= 0.3 is 0 Å². The van der Waals surface area contributed by atoms with Gasteiger partial charge in [0.05, 0.1) is 17.7 Å². The Balaban J connectivity index is 1.43. The normalized spacial score (nSPS) is 15.0. The van der Waals surface area contributed by atoms with Crippen LogP contribution in [0.4, 0.5) is 9.52 Å². The van der Waals surface area contributed by atoms with E-state index in [0.717, 1.165) is 19.6 Å². The van der Waals surface area contributed by atoms with E-state index in [1.807, 2.05) is 0 Å². The van der Waals surface area contributed by atoms with E-state index < -0.39 is 11.7 Å². The van der Waals surface area contributed by atoms with E-state index in [2.05, 4.69) is 20.5 Å². The summed E-state index contributed by atoms with van der Waals surface area (Å²) < 4.78 is 13.7. The average molecular weight is 405 g/mol. The summed E-state index contributed by atoms with van der Waals surface area (Å²) in [4.78, 5) is 30.9. The fourth-order valence-electron chi connectivity index (χ4n) is 3.20. The molecule has 0 bridgehead atoms. The number of rotatable bonds is 7. The lowest BCUT2D eigenvalue weighted by atomic mass is 10.2. The number of likely N-dealkylation sites (tertiary alicyclic amines) is 1. The number of halogens is 1. The number of hydrogen-bond donors (Lipinski definition) is 2. The van der Waals surface area contributed by atoms with Gasteiger partial charge in [-0.05, 0) is 38.1 Å². The van der Waals surface area contributed by atoms with Gasteiger partial charge in [-0.15, -0.1) is 11.3 Å². The first-order valence-electron chi connectivity index (χ1n) is 9.61. The van der Waals surface area contributed by atoms with E-state index in [4.69, 9.17) is 0 Å². The molecule has 28 heavy (non-hydrogen) atoms. The fraction of sp³-hybridized carbons (Fsp3) is 0.450. The van der Waals surface area contributed by atoms with Crippen molar-refractivity contribution < 1.29 is 14.0 Å². The Kier molecular flexibility index (Phi) is 7.50. The number of nitrogens with one attached hydrogen (secondary N) is 2. The molecule has 2 N–H and O–H groups in total. The molecule has 1 aliphatic rings. The summed E-state index contributed by atoms with van der Waals surface area (Å²) in [6.07, 6.45) is 5.21. The summed E-state index contributed by atoms with van der Waals surface area (Å²) >= 11 is 1.22. The van der Waals surface area contributed by atoms with E-state index in [0.29, 0.717) is 17.4 Å². The van der Waals surface area contributed by atoms with Gasteiger partial charge in [0.2, 0.25) is 5.91 Å². The number of nitrogens with zero attached hydrogens (tertiary/aromatic N) is 2. The summed E-state index contributed by atoms with van der Waals surface area (Å²) in [5.74, 6) is -1.23. The van der Waals surface area contributed by atoms with Crippen LogP contribution in [-0.2, 0) is 11.2 Å². The van der Waals surface area contributed by atoms with Crippen LogP contribution >= 0.6 is 11.3 Å². The summed E-state index contributed by atoms with van der Waals surface area (Å²) in [5, 5.41) is 7.58. The molecule has 0 spiro atoms. The zero-order valence-corrected chi connectivity index (χ0v) is 16.6. The molecule has 0 unspecified atom stereocenters. The molecule has 2 heterocycles. The van der Waals surface area contributed by atoms with Crippen molar-refractivity contribution in [1.29, 1.82) is 0 Å². The maximum absolute atomic E-state index is 13.7. The molecular formula is C20H25FN4O2S. The van der Waals surface area contributed by atoms with Crippen molar-refractivity contribution in [2.24, 2.45) is 0 Å². The molecule has 8 heteroatoms. The van der Waals surface area contributed by atoms with Gasteiger partial charge in [0, 0.05) is 18.5 Å². The maximum Gasteiger partial charge on any atom is 0.260 e. The predicted molar refractivity (Wildman–Crippen MR) is 108 cm³/mol. The molecule has 2 aromatic rings. The second kappa shape index (κ2) is 10.3. The highest BCUT2D eigenvalue weighted by molar-refractivity contribution is 7.14. The van der Waals surface area contributed by atoms with E-state index >= 15 is 0 Å². The van der Waals surface area contributed by atoms with Crippen molar-refractivity contribution in [3.05, 3.63) is 46.7 Å². The molecular weight excluding hydrogens is 379 g/mol. The van der Waals surface area contributed by atoms with Crippen LogP contribution in [0, 0.1) is 5.82 Å². The lowest BCUT2D eigenvalue weighted by Gasteiger charge is -2.19. The molecule has 1 aliphatic heterocycles. The molecule has 0 aliphatic carbocycles. The quantitative estimate of drug-likeness (QED) is 0.744. The number of amides is 2. The van der Waals surface area contributed by atoms with Crippen LogP contribution in [-0.4, -0.2) is 47.9 Å². The lowest BCUT2D eigenvalue weighted by Crippen LogP contribution is -2.36. The summed E-state index contributed by atoms with van der Waals surface area (Å²) in [7, 11) is 0. The maximum atomic E-state index is 13.7. The molecule has 0 radical (unpaired) electrons. The minimum Gasteiger partial charge on any atom is -0.354 e. The number of aromatic nitrogens is 1. The lowest BCUT2D eigenvalue weighted by molar-refractivity contribution is -0.120. The smallest absolute Gasteiger partial charge is 0.260 e. The van der Waals surface area contributed by atoms with E-state index in [-0.39, 0.29) is 17.9 Å². The van der Waals surface area contributed by atoms with Gasteiger partial charge in [0.25, 0.3) is 5.91 Å². The van der Waals surface area contributed by atoms with Crippen LogP contribution in [0.2, 0.25) is 0 Å². The Morgan fingerprint density at radius 3 is 2.64 bits per heavy atom. The first kappa shape index (κ1) is 20.4. The van der Waals surface area contributed by atoms with Gasteiger partial charge in [-0.1, -0.05) is 25.0 Å². The van der Waals surface area contributed by atoms with Crippen LogP contribution in [0.15, 0.2) is 29.6 Å². The molecule has 6 nitrogen and oxygen atoms in total. The Morgan fingerprint density at radius 1 is 1.14 bits per heavy atom. The monoisotopic (exact) mass is 404 g/mol. The van der Waals surface area contributed by atoms with E-state index in [9.17, 15) is 14.0 Å². The molecule has 2 amide bonds. The zero-order chi connectivity index (χ0) is 19.8. The van der Waals surface area contributed by atoms with Crippen molar-refractivity contribution in [2.45, 2.75) is 32.1 Å². The zero-order valence-electron chi connectivity index (χ0n) is 15.7. The van der Waals surface area contributed by atoms with Crippen LogP contribution in [0.5, 0.6) is 0 Å². The molecule has 1 saturated heterocycles. The minimum atomic E-state index is -0.583. The van der Waals surface area contributed by atoms with Gasteiger partial charge in [0.1, 0.15) is 5.82 Å². The van der Waals surface area contributed by atoms with Crippen LogP contribution in [0.1, 0.15) is 41.7 Å². The molecule has 1 aromatic carbocycles. The van der Waals surface area contributed by atoms with Gasteiger partial charge in [0.15, 0.2) is 5.13 Å².